The molecule has 1 aliphatic carbocycles. The van der Waals surface area contributed by atoms with Gasteiger partial charge in [0.1, 0.15) is 24.9 Å². The van der Waals surface area contributed by atoms with Gasteiger partial charge in [-0.15, -0.1) is 0 Å². The number of hydrogen-bond donors (Lipinski definition) is 1. The highest BCUT2D eigenvalue weighted by atomic mass is 32.2. The maximum atomic E-state index is 14.7. The molecule has 2 aromatic heterocycles. The molecule has 5 rings (SSSR count). The Labute approximate surface area is 218 Å². The van der Waals surface area contributed by atoms with Crippen molar-refractivity contribution in [1.82, 2.24) is 13.7 Å². The van der Waals surface area contributed by atoms with E-state index in [0.717, 1.165) is 10.6 Å². The number of nitrogens with zero attached hydrogens (tertiary/aromatic N) is 3. The lowest BCUT2D eigenvalue weighted by Gasteiger charge is -2.21. The van der Waals surface area contributed by atoms with Crippen LogP contribution in [0.1, 0.15) is 31.4 Å². The van der Waals surface area contributed by atoms with Crippen LogP contribution in [-0.4, -0.2) is 35.7 Å². The van der Waals surface area contributed by atoms with E-state index in [1.165, 1.54) is 60.4 Å². The summed E-state index contributed by atoms with van der Waals surface area (Å²) >= 11 is 0. The molecule has 0 spiro atoms. The summed E-state index contributed by atoms with van der Waals surface area (Å²) in [5.41, 5.74) is -1.35. The van der Waals surface area contributed by atoms with Crippen molar-refractivity contribution in [2.75, 3.05) is 11.1 Å². The Morgan fingerprint density at radius 1 is 1.08 bits per heavy atom. The van der Waals surface area contributed by atoms with Crippen LogP contribution in [0.15, 0.2) is 61.7 Å². The minimum atomic E-state index is -3.61. The normalized spacial score (nSPS) is 13.7. The zero-order valence-corrected chi connectivity index (χ0v) is 21.8. The number of halogens is 1. The molecule has 4 aromatic rings. The number of rotatable bonds is 6. The van der Waals surface area contributed by atoms with Gasteiger partial charge in [-0.3, -0.25) is 23.3 Å². The maximum Gasteiger partial charge on any atom is 0.336 e. The Morgan fingerprint density at radius 2 is 1.79 bits per heavy atom. The molecule has 0 bridgehead atoms. The molecular formula is C26H24BFN4O5S. The molecule has 1 N–H and O–H groups in total. The van der Waals surface area contributed by atoms with Crippen molar-refractivity contribution in [3.8, 4) is 5.69 Å². The van der Waals surface area contributed by atoms with Crippen LogP contribution in [0, 0.1) is 12.7 Å². The van der Waals surface area contributed by atoms with Crippen LogP contribution in [-0.2, 0) is 16.9 Å². The zero-order chi connectivity index (χ0) is 27.5. The molecule has 1 saturated carbocycles. The molecule has 1 aliphatic rings. The first-order chi connectivity index (χ1) is 18.0. The first-order valence-electron chi connectivity index (χ1n) is 12.0. The quantitative estimate of drug-likeness (QED) is 0.379. The summed E-state index contributed by atoms with van der Waals surface area (Å²) in [6.45, 7) is 3.00. The average Bonchev–Trinajstić information content (AvgIpc) is 3.72. The van der Waals surface area contributed by atoms with E-state index in [0.29, 0.717) is 12.8 Å². The van der Waals surface area contributed by atoms with E-state index >= 15 is 0 Å². The van der Waals surface area contributed by atoms with Crippen molar-refractivity contribution in [2.45, 2.75) is 37.6 Å². The largest absolute Gasteiger partial charge is 0.338 e. The summed E-state index contributed by atoms with van der Waals surface area (Å²) in [5.74, 6) is -0.849. The summed E-state index contributed by atoms with van der Waals surface area (Å²) in [5, 5.41) is 2.85. The molecule has 194 valence electrons. The summed E-state index contributed by atoms with van der Waals surface area (Å²) in [6.07, 6.45) is 1.23. The highest BCUT2D eigenvalue weighted by molar-refractivity contribution is 7.91. The van der Waals surface area contributed by atoms with Gasteiger partial charge in [-0.2, -0.15) is 0 Å². The lowest BCUT2D eigenvalue weighted by Crippen LogP contribution is -2.41. The second kappa shape index (κ2) is 9.12. The molecule has 0 aliphatic heterocycles. The smallest absolute Gasteiger partial charge is 0.336 e. The standard InChI is InChI=1S/C26H24BFN4O5S/c1-4-38(36,37)18-7-5-6-17(13-18)31-22-14(2)24(33)30(3)23(29-20-11-8-15(27)12-19(20)28)21(22)25(34)32(26(31)35)16-9-10-16/h5-8,11-13,16,29H,4,9-10H2,1-3H3. The van der Waals surface area contributed by atoms with Gasteiger partial charge in [0.25, 0.3) is 11.1 Å². The molecule has 0 unspecified atom stereocenters. The van der Waals surface area contributed by atoms with Gasteiger partial charge in [0.2, 0.25) is 0 Å². The number of hydrogen-bond acceptors (Lipinski definition) is 6. The van der Waals surface area contributed by atoms with Gasteiger partial charge in [0, 0.05) is 18.7 Å². The van der Waals surface area contributed by atoms with E-state index in [4.69, 9.17) is 7.85 Å². The van der Waals surface area contributed by atoms with Crippen molar-refractivity contribution < 1.29 is 12.8 Å². The van der Waals surface area contributed by atoms with Gasteiger partial charge in [-0.1, -0.05) is 24.5 Å². The third kappa shape index (κ3) is 4.09. The van der Waals surface area contributed by atoms with Crippen LogP contribution in [0.2, 0.25) is 0 Å². The Morgan fingerprint density at radius 3 is 2.42 bits per heavy atom. The predicted molar refractivity (Wildman–Crippen MR) is 145 cm³/mol. The molecule has 2 radical (unpaired) electrons. The van der Waals surface area contributed by atoms with Crippen LogP contribution < -0.4 is 27.6 Å². The topological polar surface area (TPSA) is 112 Å². The molecule has 9 nitrogen and oxygen atoms in total. The van der Waals surface area contributed by atoms with Crippen LogP contribution in [0.3, 0.4) is 0 Å². The van der Waals surface area contributed by atoms with Gasteiger partial charge < -0.3 is 5.32 Å². The van der Waals surface area contributed by atoms with E-state index in [-0.39, 0.29) is 55.8 Å². The lowest BCUT2D eigenvalue weighted by molar-refractivity contribution is 0.597. The summed E-state index contributed by atoms with van der Waals surface area (Å²) in [6, 6.07) is 9.44. The van der Waals surface area contributed by atoms with Crippen molar-refractivity contribution in [3.05, 3.63) is 85.0 Å². The number of nitrogens with one attached hydrogen (secondary N) is 1. The van der Waals surface area contributed by atoms with Crippen molar-refractivity contribution in [2.24, 2.45) is 7.05 Å². The minimum Gasteiger partial charge on any atom is -0.338 e. The Kier molecular flexibility index (Phi) is 6.17. The summed E-state index contributed by atoms with van der Waals surface area (Å²) in [4.78, 5) is 41.0. The second-order valence-electron chi connectivity index (χ2n) is 9.35. The fraction of sp³-hybridized carbons (Fsp3) is 0.269. The first-order valence-corrected chi connectivity index (χ1v) is 13.7. The number of anilines is 2. The Hall–Kier alpha value is -3.93. The van der Waals surface area contributed by atoms with E-state index < -0.39 is 32.5 Å². The fourth-order valence-corrected chi connectivity index (χ4v) is 5.52. The number of benzene rings is 2. The highest BCUT2D eigenvalue weighted by Gasteiger charge is 2.32. The molecular weight excluding hydrogens is 510 g/mol. The molecule has 0 atom stereocenters. The van der Waals surface area contributed by atoms with Crippen LogP contribution in [0.5, 0.6) is 0 Å². The van der Waals surface area contributed by atoms with Crippen LogP contribution >= 0.6 is 0 Å². The number of aryl methyl sites for hydroxylation is 1. The summed E-state index contributed by atoms with van der Waals surface area (Å²) < 4.78 is 43.5. The average molecular weight is 534 g/mol. The van der Waals surface area contributed by atoms with Crippen LogP contribution in [0.4, 0.5) is 15.9 Å². The van der Waals surface area contributed by atoms with Gasteiger partial charge >= 0.3 is 5.69 Å². The monoisotopic (exact) mass is 534 g/mol. The lowest BCUT2D eigenvalue weighted by atomic mass is 9.96. The highest BCUT2D eigenvalue weighted by Crippen LogP contribution is 2.34. The van der Waals surface area contributed by atoms with Gasteiger partial charge in [-0.05, 0) is 50.1 Å². The molecule has 0 amide bonds. The molecule has 38 heavy (non-hydrogen) atoms. The minimum absolute atomic E-state index is 0.00363. The second-order valence-corrected chi connectivity index (χ2v) is 11.6. The molecule has 0 saturated heterocycles. The third-order valence-electron chi connectivity index (χ3n) is 6.82. The molecule has 12 heteroatoms. The summed E-state index contributed by atoms with van der Waals surface area (Å²) in [7, 11) is 3.49. The Bertz CT molecular complexity index is 1920. The van der Waals surface area contributed by atoms with E-state index in [2.05, 4.69) is 5.32 Å². The Balaban J connectivity index is 1.93. The van der Waals surface area contributed by atoms with Gasteiger partial charge in [0.15, 0.2) is 9.84 Å². The molecule has 1 fully saturated rings. The van der Waals surface area contributed by atoms with Gasteiger partial charge in [0.05, 0.1) is 27.5 Å². The maximum absolute atomic E-state index is 14.7. The van der Waals surface area contributed by atoms with Crippen molar-refractivity contribution >= 4 is 45.6 Å². The zero-order valence-electron chi connectivity index (χ0n) is 21.0. The van der Waals surface area contributed by atoms with E-state index in [1.54, 1.807) is 6.07 Å². The van der Waals surface area contributed by atoms with Gasteiger partial charge in [-0.25, -0.2) is 17.6 Å². The number of sulfone groups is 1. The number of aromatic nitrogens is 3. The number of pyridine rings is 1. The van der Waals surface area contributed by atoms with E-state index in [9.17, 15) is 27.2 Å². The van der Waals surface area contributed by atoms with Crippen molar-refractivity contribution in [3.63, 3.8) is 0 Å². The third-order valence-corrected chi connectivity index (χ3v) is 8.55. The fourth-order valence-electron chi connectivity index (χ4n) is 4.60. The molecule has 2 heterocycles. The number of fused-ring (bicyclic) bond motifs is 1. The van der Waals surface area contributed by atoms with Crippen molar-refractivity contribution in [1.29, 1.82) is 0 Å². The van der Waals surface area contributed by atoms with Crippen LogP contribution in [0.25, 0.3) is 16.6 Å². The molecule has 2 aromatic carbocycles. The first kappa shape index (κ1) is 25.7. The predicted octanol–water partition coefficient (Wildman–Crippen LogP) is 1.96. The SMILES string of the molecule is [B]c1ccc(Nc2c3c(=O)n(C4CC4)c(=O)n(-c4cccc(S(=O)(=O)CC)c4)c3c(C)c(=O)n2C)c(F)c1. The van der Waals surface area contributed by atoms with E-state index in [1.807, 2.05) is 0 Å².